The minimum absolute atomic E-state index is 0.409. The average molecular weight is 280 g/mol. The fourth-order valence-electron chi connectivity index (χ4n) is 1.47. The van der Waals surface area contributed by atoms with Crippen molar-refractivity contribution < 1.29 is 9.53 Å². The van der Waals surface area contributed by atoms with Crippen LogP contribution in [0.5, 0.6) is 0 Å². The first-order valence-corrected chi connectivity index (χ1v) is 6.80. The maximum absolute atomic E-state index is 11.5. The second-order valence-electron chi connectivity index (χ2n) is 5.60. The Morgan fingerprint density at radius 2 is 1.95 bits per heavy atom. The summed E-state index contributed by atoms with van der Waals surface area (Å²) in [6.07, 6.45) is 4.15. The van der Waals surface area contributed by atoms with Gasteiger partial charge in [0.25, 0.3) is 0 Å². The fraction of sp³-hybridized carbons (Fsp3) is 0.643. The highest BCUT2D eigenvalue weighted by atomic mass is 16.6. The van der Waals surface area contributed by atoms with E-state index in [1.54, 1.807) is 0 Å². The average Bonchev–Trinajstić information content (AvgIpc) is 2.36. The molecule has 0 radical (unpaired) electrons. The largest absolute Gasteiger partial charge is 0.444 e. The maximum Gasteiger partial charge on any atom is 0.407 e. The highest BCUT2D eigenvalue weighted by molar-refractivity contribution is 5.67. The van der Waals surface area contributed by atoms with E-state index in [1.807, 2.05) is 45.1 Å². The molecule has 20 heavy (non-hydrogen) atoms. The number of hydrogen-bond donors (Lipinski definition) is 1. The number of likely N-dealkylation sites (N-methyl/N-ethyl adjacent to an activating group) is 1. The van der Waals surface area contributed by atoms with Gasteiger partial charge in [-0.2, -0.15) is 0 Å². The number of hydrogen-bond acceptors (Lipinski definition) is 5. The van der Waals surface area contributed by atoms with Crippen molar-refractivity contribution in [3.8, 4) is 0 Å². The molecule has 6 heteroatoms. The number of anilines is 1. The Balaban J connectivity index is 2.35. The topological polar surface area (TPSA) is 67.4 Å². The Morgan fingerprint density at radius 3 is 2.45 bits per heavy atom. The smallest absolute Gasteiger partial charge is 0.407 e. The molecule has 1 rings (SSSR count). The van der Waals surface area contributed by atoms with E-state index in [0.717, 1.165) is 12.0 Å². The Labute approximate surface area is 120 Å². The van der Waals surface area contributed by atoms with Crippen molar-refractivity contribution in [1.82, 2.24) is 15.3 Å². The Morgan fingerprint density at radius 1 is 1.35 bits per heavy atom. The quantitative estimate of drug-likeness (QED) is 0.893. The van der Waals surface area contributed by atoms with Crippen LogP contribution in [0, 0.1) is 0 Å². The fourth-order valence-corrected chi connectivity index (χ4v) is 1.47. The minimum atomic E-state index is -0.477. The van der Waals surface area contributed by atoms with Gasteiger partial charge in [-0.05, 0) is 32.8 Å². The van der Waals surface area contributed by atoms with Crippen molar-refractivity contribution in [3.05, 3.63) is 18.0 Å². The van der Waals surface area contributed by atoms with Crippen molar-refractivity contribution in [2.45, 2.75) is 39.7 Å². The Bertz CT molecular complexity index is 426. The molecule has 1 aromatic rings. The molecule has 0 saturated carbocycles. The van der Waals surface area contributed by atoms with Gasteiger partial charge in [-0.3, -0.25) is 0 Å². The molecule has 0 aromatic carbocycles. The predicted octanol–water partition coefficient (Wildman–Crippen LogP) is 2.00. The maximum atomic E-state index is 11.5. The number of rotatable bonds is 5. The van der Waals surface area contributed by atoms with Crippen molar-refractivity contribution in [2.24, 2.45) is 0 Å². The van der Waals surface area contributed by atoms with Gasteiger partial charge in [0, 0.05) is 32.5 Å². The molecule has 0 atom stereocenters. The molecule has 0 spiro atoms. The molecule has 6 nitrogen and oxygen atoms in total. The zero-order chi connectivity index (χ0) is 15.2. The number of carbonyl (C=O) groups excluding carboxylic acids is 1. The van der Waals surface area contributed by atoms with Gasteiger partial charge in [0.15, 0.2) is 0 Å². The second kappa shape index (κ2) is 7.07. The molecule has 112 valence electrons. The summed E-state index contributed by atoms with van der Waals surface area (Å²) in [4.78, 5) is 21.9. The van der Waals surface area contributed by atoms with E-state index in [4.69, 9.17) is 4.74 Å². The van der Waals surface area contributed by atoms with Crippen LogP contribution >= 0.6 is 0 Å². The first-order valence-electron chi connectivity index (χ1n) is 6.80. The first-order chi connectivity index (χ1) is 9.31. The van der Waals surface area contributed by atoms with Crippen LogP contribution in [-0.2, 0) is 11.2 Å². The summed E-state index contributed by atoms with van der Waals surface area (Å²) in [7, 11) is 1.89. The molecular formula is C14H24N4O2. The summed E-state index contributed by atoms with van der Waals surface area (Å²) in [5.41, 5.74) is 0.628. The standard InChI is InChI=1S/C14H24N4O2/c1-6-11-9-16-12(17-10-11)18(5)8-7-15-13(19)20-14(2,3)4/h9-10H,6-8H2,1-5H3,(H,15,19). The number of amides is 1. The summed E-state index contributed by atoms with van der Waals surface area (Å²) >= 11 is 0. The number of carbonyl (C=O) groups is 1. The number of aromatic nitrogens is 2. The third-order valence-electron chi connectivity index (χ3n) is 2.56. The van der Waals surface area contributed by atoms with Gasteiger partial charge in [0.2, 0.25) is 5.95 Å². The molecule has 1 N–H and O–H groups in total. The number of nitrogens with zero attached hydrogens (tertiary/aromatic N) is 3. The van der Waals surface area contributed by atoms with Crippen LogP contribution in [-0.4, -0.2) is 41.8 Å². The van der Waals surface area contributed by atoms with Gasteiger partial charge in [0.05, 0.1) is 0 Å². The number of alkyl carbamates (subject to hydrolysis) is 1. The normalized spacial score (nSPS) is 11.1. The van der Waals surface area contributed by atoms with E-state index >= 15 is 0 Å². The third-order valence-corrected chi connectivity index (χ3v) is 2.56. The van der Waals surface area contributed by atoms with Gasteiger partial charge in [-0.15, -0.1) is 0 Å². The lowest BCUT2D eigenvalue weighted by Gasteiger charge is -2.21. The highest BCUT2D eigenvalue weighted by Crippen LogP contribution is 2.07. The first kappa shape index (κ1) is 16.2. The molecule has 1 amide bonds. The number of ether oxygens (including phenoxy) is 1. The van der Waals surface area contributed by atoms with Gasteiger partial charge in [-0.25, -0.2) is 14.8 Å². The summed E-state index contributed by atoms with van der Waals surface area (Å²) in [6, 6.07) is 0. The summed E-state index contributed by atoms with van der Waals surface area (Å²) in [5, 5.41) is 2.70. The van der Waals surface area contributed by atoms with Gasteiger partial charge in [-0.1, -0.05) is 6.92 Å². The third kappa shape index (κ3) is 5.86. The van der Waals surface area contributed by atoms with Gasteiger partial charge < -0.3 is 15.0 Å². The van der Waals surface area contributed by atoms with Crippen molar-refractivity contribution in [1.29, 1.82) is 0 Å². The van der Waals surface area contributed by atoms with Crippen LogP contribution in [0.1, 0.15) is 33.3 Å². The molecule has 1 heterocycles. The van der Waals surface area contributed by atoms with E-state index in [-0.39, 0.29) is 0 Å². The summed E-state index contributed by atoms with van der Waals surface area (Å²) in [5.74, 6) is 0.646. The predicted molar refractivity (Wildman–Crippen MR) is 78.9 cm³/mol. The van der Waals surface area contributed by atoms with Crippen LogP contribution < -0.4 is 10.2 Å². The lowest BCUT2D eigenvalue weighted by atomic mass is 10.2. The number of aryl methyl sites for hydroxylation is 1. The molecule has 0 bridgehead atoms. The van der Waals surface area contributed by atoms with E-state index < -0.39 is 11.7 Å². The summed E-state index contributed by atoms with van der Waals surface area (Å²) in [6.45, 7) is 8.66. The minimum Gasteiger partial charge on any atom is -0.444 e. The molecule has 0 fully saturated rings. The molecule has 0 aliphatic rings. The van der Waals surface area contributed by atoms with Crippen molar-refractivity contribution in [2.75, 3.05) is 25.0 Å². The Hall–Kier alpha value is -1.85. The molecule has 0 aliphatic heterocycles. The van der Waals surface area contributed by atoms with Crippen LogP contribution in [0.25, 0.3) is 0 Å². The monoisotopic (exact) mass is 280 g/mol. The molecule has 0 saturated heterocycles. The zero-order valence-corrected chi connectivity index (χ0v) is 12.9. The molecular weight excluding hydrogens is 256 g/mol. The van der Waals surface area contributed by atoms with E-state index in [9.17, 15) is 4.79 Å². The zero-order valence-electron chi connectivity index (χ0n) is 12.9. The highest BCUT2D eigenvalue weighted by Gasteiger charge is 2.15. The van der Waals surface area contributed by atoms with Crippen LogP contribution in [0.3, 0.4) is 0 Å². The van der Waals surface area contributed by atoms with Crippen LogP contribution in [0.4, 0.5) is 10.7 Å². The van der Waals surface area contributed by atoms with E-state index in [0.29, 0.717) is 19.0 Å². The lowest BCUT2D eigenvalue weighted by molar-refractivity contribution is 0.0529. The van der Waals surface area contributed by atoms with Gasteiger partial charge in [0.1, 0.15) is 5.60 Å². The van der Waals surface area contributed by atoms with Crippen LogP contribution in [0.15, 0.2) is 12.4 Å². The van der Waals surface area contributed by atoms with E-state index in [1.165, 1.54) is 0 Å². The van der Waals surface area contributed by atoms with Gasteiger partial charge >= 0.3 is 6.09 Å². The lowest BCUT2D eigenvalue weighted by Crippen LogP contribution is -2.37. The van der Waals surface area contributed by atoms with Crippen molar-refractivity contribution in [3.63, 3.8) is 0 Å². The van der Waals surface area contributed by atoms with Crippen LogP contribution in [0.2, 0.25) is 0 Å². The molecule has 1 aromatic heterocycles. The van der Waals surface area contributed by atoms with Crippen molar-refractivity contribution >= 4 is 12.0 Å². The molecule has 0 unspecified atom stereocenters. The summed E-state index contributed by atoms with van der Waals surface area (Å²) < 4.78 is 5.16. The Kier molecular flexibility index (Phi) is 5.73. The number of nitrogens with one attached hydrogen (secondary N) is 1. The molecule has 0 aliphatic carbocycles. The second-order valence-corrected chi connectivity index (χ2v) is 5.60. The SMILES string of the molecule is CCc1cnc(N(C)CCNC(=O)OC(C)(C)C)nc1. The van der Waals surface area contributed by atoms with E-state index in [2.05, 4.69) is 22.2 Å².